The van der Waals surface area contributed by atoms with Gasteiger partial charge in [0.2, 0.25) is 0 Å². The van der Waals surface area contributed by atoms with Crippen molar-refractivity contribution >= 4 is 26.6 Å². The minimum atomic E-state index is -3.93. The molecule has 0 radical (unpaired) electrons. The second kappa shape index (κ2) is 5.35. The van der Waals surface area contributed by atoms with Crippen LogP contribution in [0.4, 0.5) is 5.69 Å². The average Bonchev–Trinajstić information content (AvgIpc) is 2.67. The summed E-state index contributed by atoms with van der Waals surface area (Å²) in [5.41, 5.74) is 3.05. The SMILES string of the molecule is C=C1N(CCCS(=O)(=O)O)c2ccc3ccccc3c2C1(C)C. The predicted molar refractivity (Wildman–Crippen MR) is 94.5 cm³/mol. The Hall–Kier alpha value is -1.85. The van der Waals surface area contributed by atoms with E-state index in [1.54, 1.807) is 0 Å². The van der Waals surface area contributed by atoms with E-state index in [-0.39, 0.29) is 11.2 Å². The van der Waals surface area contributed by atoms with Crippen LogP contribution in [0.25, 0.3) is 10.8 Å². The molecule has 0 atom stereocenters. The Labute approximate surface area is 137 Å². The molecule has 0 fully saturated rings. The largest absolute Gasteiger partial charge is 0.345 e. The summed E-state index contributed by atoms with van der Waals surface area (Å²) in [5.74, 6) is -0.236. The van der Waals surface area contributed by atoms with Crippen molar-refractivity contribution in [2.45, 2.75) is 25.7 Å². The van der Waals surface area contributed by atoms with E-state index < -0.39 is 10.1 Å². The fraction of sp³-hybridized carbons (Fsp3) is 0.333. The first-order chi connectivity index (χ1) is 10.7. The number of fused-ring (bicyclic) bond motifs is 3. The molecular weight excluding hydrogens is 310 g/mol. The third-order valence-electron chi connectivity index (χ3n) is 4.65. The lowest BCUT2D eigenvalue weighted by Crippen LogP contribution is -2.27. The number of hydrogen-bond acceptors (Lipinski definition) is 3. The van der Waals surface area contributed by atoms with Gasteiger partial charge in [-0.25, -0.2) is 0 Å². The van der Waals surface area contributed by atoms with Crippen LogP contribution in [0.5, 0.6) is 0 Å². The molecule has 0 bridgehead atoms. The van der Waals surface area contributed by atoms with E-state index in [1.807, 2.05) is 12.1 Å². The molecule has 122 valence electrons. The van der Waals surface area contributed by atoms with Gasteiger partial charge in [0.25, 0.3) is 10.1 Å². The molecule has 2 aromatic rings. The predicted octanol–water partition coefficient (Wildman–Crippen LogP) is 3.73. The molecule has 1 aliphatic heterocycles. The van der Waals surface area contributed by atoms with Crippen molar-refractivity contribution in [3.63, 3.8) is 0 Å². The number of nitrogens with zero attached hydrogens (tertiary/aromatic N) is 1. The minimum absolute atomic E-state index is 0.214. The van der Waals surface area contributed by atoms with Crippen LogP contribution < -0.4 is 4.90 Å². The summed E-state index contributed by atoms with van der Waals surface area (Å²) in [7, 11) is -3.93. The molecule has 0 aromatic heterocycles. The maximum atomic E-state index is 10.9. The summed E-state index contributed by atoms with van der Waals surface area (Å²) in [6.07, 6.45) is 0.361. The van der Waals surface area contributed by atoms with Crippen molar-refractivity contribution in [2.75, 3.05) is 17.2 Å². The molecule has 0 unspecified atom stereocenters. The van der Waals surface area contributed by atoms with Gasteiger partial charge in [-0.15, -0.1) is 0 Å². The van der Waals surface area contributed by atoms with Crippen molar-refractivity contribution in [3.8, 4) is 0 Å². The Balaban J connectivity index is 2.03. The van der Waals surface area contributed by atoms with Crippen LogP contribution >= 0.6 is 0 Å². The van der Waals surface area contributed by atoms with E-state index in [4.69, 9.17) is 4.55 Å². The molecule has 0 aliphatic carbocycles. The maximum absolute atomic E-state index is 10.9. The third kappa shape index (κ3) is 2.75. The van der Waals surface area contributed by atoms with Crippen molar-refractivity contribution in [1.82, 2.24) is 0 Å². The summed E-state index contributed by atoms with van der Waals surface area (Å²) in [4.78, 5) is 2.08. The second-order valence-electron chi connectivity index (χ2n) is 6.54. The van der Waals surface area contributed by atoms with Gasteiger partial charge < -0.3 is 4.90 Å². The molecular formula is C18H21NO3S. The molecule has 1 N–H and O–H groups in total. The molecule has 1 aliphatic rings. The molecule has 0 amide bonds. The highest BCUT2D eigenvalue weighted by atomic mass is 32.2. The van der Waals surface area contributed by atoms with Crippen LogP contribution in [0, 0.1) is 0 Å². The quantitative estimate of drug-likeness (QED) is 0.867. The summed E-state index contributed by atoms with van der Waals surface area (Å²) in [6, 6.07) is 12.4. The van der Waals surface area contributed by atoms with Gasteiger partial charge in [-0.3, -0.25) is 4.55 Å². The zero-order valence-corrected chi connectivity index (χ0v) is 14.2. The molecule has 23 heavy (non-hydrogen) atoms. The molecule has 4 nitrogen and oxygen atoms in total. The molecule has 0 saturated heterocycles. The number of anilines is 1. The Kier molecular flexibility index (Phi) is 3.73. The number of benzene rings is 2. The van der Waals surface area contributed by atoms with Gasteiger partial charge >= 0.3 is 0 Å². The van der Waals surface area contributed by atoms with Crippen LogP contribution in [0.2, 0.25) is 0 Å². The van der Waals surface area contributed by atoms with Gasteiger partial charge in [-0.05, 0) is 28.8 Å². The van der Waals surface area contributed by atoms with Crippen molar-refractivity contribution < 1.29 is 13.0 Å². The summed E-state index contributed by atoms with van der Waals surface area (Å²) in [5, 5.41) is 2.39. The van der Waals surface area contributed by atoms with Gasteiger partial charge in [-0.1, -0.05) is 50.8 Å². The summed E-state index contributed by atoms with van der Waals surface area (Å²) >= 11 is 0. The lowest BCUT2D eigenvalue weighted by atomic mass is 9.82. The first kappa shape index (κ1) is 16.0. The number of rotatable bonds is 4. The molecule has 0 spiro atoms. The van der Waals surface area contributed by atoms with Crippen molar-refractivity contribution in [3.05, 3.63) is 54.2 Å². The minimum Gasteiger partial charge on any atom is -0.345 e. The van der Waals surface area contributed by atoms with Crippen LogP contribution in [0.3, 0.4) is 0 Å². The molecule has 3 rings (SSSR count). The van der Waals surface area contributed by atoms with E-state index in [0.29, 0.717) is 13.0 Å². The molecule has 1 heterocycles. The Morgan fingerprint density at radius 1 is 1.17 bits per heavy atom. The standard InChI is InChI=1S/C18H21NO3S/c1-13-18(2,3)17-15-8-5-4-7-14(15)9-10-16(17)19(13)11-6-12-23(20,21)22/h4-5,7-10H,1,6,11-12H2,2-3H3,(H,20,21,22). The third-order valence-corrected chi connectivity index (χ3v) is 5.46. The Morgan fingerprint density at radius 3 is 2.57 bits per heavy atom. The first-order valence-electron chi connectivity index (χ1n) is 7.66. The lowest BCUT2D eigenvalue weighted by molar-refractivity contribution is 0.481. The van der Waals surface area contributed by atoms with Gasteiger partial charge in [-0.2, -0.15) is 8.42 Å². The summed E-state index contributed by atoms with van der Waals surface area (Å²) in [6.45, 7) is 9.04. The van der Waals surface area contributed by atoms with Gasteiger partial charge in [0, 0.05) is 23.3 Å². The van der Waals surface area contributed by atoms with E-state index in [2.05, 4.69) is 49.6 Å². The van der Waals surface area contributed by atoms with Crippen LogP contribution in [0.15, 0.2) is 48.7 Å². The highest BCUT2D eigenvalue weighted by Gasteiger charge is 2.39. The lowest BCUT2D eigenvalue weighted by Gasteiger charge is -2.25. The number of hydrogen-bond donors (Lipinski definition) is 1. The normalized spacial score (nSPS) is 16.8. The monoisotopic (exact) mass is 331 g/mol. The van der Waals surface area contributed by atoms with E-state index >= 15 is 0 Å². The van der Waals surface area contributed by atoms with Crippen LogP contribution in [-0.2, 0) is 15.5 Å². The van der Waals surface area contributed by atoms with Crippen LogP contribution in [0.1, 0.15) is 25.8 Å². The molecule has 2 aromatic carbocycles. The Bertz CT molecular complexity index is 884. The van der Waals surface area contributed by atoms with Crippen molar-refractivity contribution in [2.24, 2.45) is 0 Å². The number of allylic oxidation sites excluding steroid dienone is 1. The smallest absolute Gasteiger partial charge is 0.264 e. The van der Waals surface area contributed by atoms with Crippen molar-refractivity contribution in [1.29, 1.82) is 0 Å². The molecule has 5 heteroatoms. The van der Waals surface area contributed by atoms with Crippen LogP contribution in [-0.4, -0.2) is 25.3 Å². The first-order valence-corrected chi connectivity index (χ1v) is 9.27. The zero-order valence-electron chi connectivity index (χ0n) is 13.4. The maximum Gasteiger partial charge on any atom is 0.264 e. The highest BCUT2D eigenvalue weighted by Crippen LogP contribution is 2.49. The molecule has 0 saturated carbocycles. The fourth-order valence-electron chi connectivity index (χ4n) is 3.43. The average molecular weight is 331 g/mol. The zero-order chi connectivity index (χ0) is 16.8. The highest BCUT2D eigenvalue weighted by molar-refractivity contribution is 7.85. The second-order valence-corrected chi connectivity index (χ2v) is 8.12. The summed E-state index contributed by atoms with van der Waals surface area (Å²) < 4.78 is 30.8. The van der Waals surface area contributed by atoms with Gasteiger partial charge in [0.05, 0.1) is 5.75 Å². The van der Waals surface area contributed by atoms with Gasteiger partial charge in [0.1, 0.15) is 0 Å². The van der Waals surface area contributed by atoms with E-state index in [1.165, 1.54) is 16.3 Å². The Morgan fingerprint density at radius 2 is 1.87 bits per heavy atom. The van der Waals surface area contributed by atoms with E-state index in [0.717, 1.165) is 11.4 Å². The fourth-order valence-corrected chi connectivity index (χ4v) is 3.92. The van der Waals surface area contributed by atoms with E-state index in [9.17, 15) is 8.42 Å². The topological polar surface area (TPSA) is 57.6 Å². The van der Waals surface area contributed by atoms with Gasteiger partial charge in [0.15, 0.2) is 0 Å².